The van der Waals surface area contributed by atoms with Crippen molar-refractivity contribution in [2.45, 2.75) is 12.5 Å². The lowest BCUT2D eigenvalue weighted by Crippen LogP contribution is -2.29. The van der Waals surface area contributed by atoms with Gasteiger partial charge in [-0.25, -0.2) is 4.79 Å². The van der Waals surface area contributed by atoms with Gasteiger partial charge in [0.25, 0.3) is 5.91 Å². The number of aliphatic hydroxyl groups is 1. The maximum absolute atomic E-state index is 12.2. The summed E-state index contributed by atoms with van der Waals surface area (Å²) >= 11 is 0. The zero-order valence-corrected chi connectivity index (χ0v) is 13.5. The number of hydrogen-bond acceptors (Lipinski definition) is 6. The van der Waals surface area contributed by atoms with E-state index in [0.29, 0.717) is 22.3 Å². The van der Waals surface area contributed by atoms with Crippen molar-refractivity contribution < 1.29 is 23.5 Å². The van der Waals surface area contributed by atoms with E-state index < -0.39 is 17.6 Å². The molecular formula is C18H17NO6. The molecule has 0 fully saturated rings. The van der Waals surface area contributed by atoms with Gasteiger partial charge in [0.1, 0.15) is 5.56 Å². The molecule has 0 aliphatic rings. The van der Waals surface area contributed by atoms with Crippen molar-refractivity contribution in [3.05, 3.63) is 64.4 Å². The van der Waals surface area contributed by atoms with E-state index in [1.165, 1.54) is 25.7 Å². The Morgan fingerprint density at radius 3 is 2.92 bits per heavy atom. The highest BCUT2D eigenvalue weighted by Gasteiger charge is 2.16. The van der Waals surface area contributed by atoms with Crippen LogP contribution in [0.5, 0.6) is 5.75 Å². The van der Waals surface area contributed by atoms with Crippen molar-refractivity contribution >= 4 is 16.9 Å². The predicted octanol–water partition coefficient (Wildman–Crippen LogP) is 2.25. The topological polar surface area (TPSA) is 102 Å². The number of nitrogens with one attached hydrogen (secondary N) is 1. The summed E-state index contributed by atoms with van der Waals surface area (Å²) in [6, 6.07) is 8.25. The molecule has 0 aliphatic carbocycles. The Labute approximate surface area is 142 Å². The lowest BCUT2D eigenvalue weighted by molar-refractivity contribution is 0.0939. The van der Waals surface area contributed by atoms with Crippen molar-refractivity contribution in [3.8, 4) is 5.75 Å². The second-order valence-electron chi connectivity index (χ2n) is 5.44. The molecule has 0 aliphatic heterocycles. The number of rotatable bonds is 6. The minimum atomic E-state index is -0.753. The van der Waals surface area contributed by atoms with Crippen LogP contribution in [-0.2, 0) is 0 Å². The van der Waals surface area contributed by atoms with Crippen LogP contribution >= 0.6 is 0 Å². The third-order valence-electron chi connectivity index (χ3n) is 3.82. The largest absolute Gasteiger partial charge is 0.493 e. The fraction of sp³-hybridized carbons (Fsp3) is 0.222. The minimum absolute atomic E-state index is 0.0986. The first-order chi connectivity index (χ1) is 12.1. The number of ether oxygens (including phenoxy) is 1. The summed E-state index contributed by atoms with van der Waals surface area (Å²) < 4.78 is 15.3. The van der Waals surface area contributed by atoms with Crippen LogP contribution in [0.15, 0.2) is 56.5 Å². The number of para-hydroxylation sites is 1. The first-order valence-corrected chi connectivity index (χ1v) is 7.69. The number of methoxy groups -OCH3 is 1. The van der Waals surface area contributed by atoms with Crippen molar-refractivity contribution in [3.63, 3.8) is 0 Å². The van der Waals surface area contributed by atoms with Gasteiger partial charge in [-0.1, -0.05) is 12.1 Å². The molecular weight excluding hydrogens is 326 g/mol. The van der Waals surface area contributed by atoms with Crippen LogP contribution in [0.4, 0.5) is 0 Å². The maximum Gasteiger partial charge on any atom is 0.349 e. The number of fused-ring (bicyclic) bond motifs is 1. The van der Waals surface area contributed by atoms with E-state index in [0.717, 1.165) is 0 Å². The molecule has 1 amide bonds. The van der Waals surface area contributed by atoms with E-state index in [-0.39, 0.29) is 18.5 Å². The molecule has 0 saturated heterocycles. The molecule has 0 radical (unpaired) electrons. The van der Waals surface area contributed by atoms with Crippen LogP contribution in [0.25, 0.3) is 11.0 Å². The molecule has 0 bridgehead atoms. The summed E-state index contributed by atoms with van der Waals surface area (Å²) in [5.74, 6) is -0.136. The average Bonchev–Trinajstić information content (AvgIpc) is 3.15. The second-order valence-corrected chi connectivity index (χ2v) is 5.44. The molecule has 1 aromatic carbocycles. The van der Waals surface area contributed by atoms with Gasteiger partial charge >= 0.3 is 5.63 Å². The predicted molar refractivity (Wildman–Crippen MR) is 89.7 cm³/mol. The molecule has 3 rings (SSSR count). The van der Waals surface area contributed by atoms with Crippen molar-refractivity contribution in [1.82, 2.24) is 5.32 Å². The fourth-order valence-corrected chi connectivity index (χ4v) is 2.49. The third-order valence-corrected chi connectivity index (χ3v) is 3.82. The molecule has 0 spiro atoms. The van der Waals surface area contributed by atoms with E-state index in [1.807, 2.05) is 0 Å². The van der Waals surface area contributed by atoms with E-state index in [9.17, 15) is 14.7 Å². The zero-order valence-electron chi connectivity index (χ0n) is 13.5. The molecule has 7 nitrogen and oxygen atoms in total. The fourth-order valence-electron chi connectivity index (χ4n) is 2.49. The summed E-state index contributed by atoms with van der Waals surface area (Å²) in [6.45, 7) is 0.195. The van der Waals surface area contributed by atoms with Crippen LogP contribution in [-0.4, -0.2) is 24.7 Å². The summed E-state index contributed by atoms with van der Waals surface area (Å²) in [6.07, 6.45) is 2.44. The van der Waals surface area contributed by atoms with Gasteiger partial charge in [-0.2, -0.15) is 0 Å². The summed E-state index contributed by atoms with van der Waals surface area (Å²) in [7, 11) is 1.47. The molecule has 0 saturated carbocycles. The summed E-state index contributed by atoms with van der Waals surface area (Å²) in [5, 5.41) is 13.1. The highest BCUT2D eigenvalue weighted by atomic mass is 16.5. The molecule has 1 atom stereocenters. The Morgan fingerprint density at radius 1 is 1.36 bits per heavy atom. The number of furan rings is 1. The monoisotopic (exact) mass is 343 g/mol. The zero-order chi connectivity index (χ0) is 17.8. The summed E-state index contributed by atoms with van der Waals surface area (Å²) in [4.78, 5) is 24.3. The van der Waals surface area contributed by atoms with Gasteiger partial charge in [0.2, 0.25) is 0 Å². The Balaban J connectivity index is 1.72. The second kappa shape index (κ2) is 7.23. The van der Waals surface area contributed by atoms with Crippen LogP contribution in [0.1, 0.15) is 28.4 Å². The number of aliphatic hydroxyl groups excluding tert-OH is 1. The third kappa shape index (κ3) is 3.56. The number of amides is 1. The van der Waals surface area contributed by atoms with Crippen LogP contribution in [0, 0.1) is 0 Å². The van der Waals surface area contributed by atoms with Crippen LogP contribution in [0.3, 0.4) is 0 Å². The van der Waals surface area contributed by atoms with E-state index in [2.05, 4.69) is 5.32 Å². The molecule has 3 aromatic rings. The lowest BCUT2D eigenvalue weighted by Gasteiger charge is -2.09. The summed E-state index contributed by atoms with van der Waals surface area (Å²) in [5.41, 5.74) is 0.0805. The Bertz CT molecular complexity index is 928. The number of benzene rings is 1. The van der Waals surface area contributed by atoms with E-state index in [4.69, 9.17) is 13.6 Å². The first kappa shape index (κ1) is 16.8. The molecule has 130 valence electrons. The maximum atomic E-state index is 12.2. The number of hydrogen-bond donors (Lipinski definition) is 2. The van der Waals surface area contributed by atoms with Gasteiger partial charge in [-0.15, -0.1) is 0 Å². The van der Waals surface area contributed by atoms with Gasteiger partial charge in [-0.05, 0) is 24.6 Å². The SMILES string of the molecule is COc1cccc2cc(C(=O)NCC[C@H](O)c3ccoc3)c(=O)oc12. The van der Waals surface area contributed by atoms with Gasteiger partial charge < -0.3 is 24.0 Å². The lowest BCUT2D eigenvalue weighted by atomic mass is 10.1. The van der Waals surface area contributed by atoms with Crippen molar-refractivity contribution in [2.24, 2.45) is 0 Å². The Hall–Kier alpha value is -3.06. The Morgan fingerprint density at radius 2 is 2.20 bits per heavy atom. The average molecular weight is 343 g/mol. The highest BCUT2D eigenvalue weighted by Crippen LogP contribution is 2.24. The molecule has 25 heavy (non-hydrogen) atoms. The van der Waals surface area contributed by atoms with E-state index in [1.54, 1.807) is 24.3 Å². The van der Waals surface area contributed by atoms with Gasteiger partial charge in [0.15, 0.2) is 11.3 Å². The van der Waals surface area contributed by atoms with Crippen molar-refractivity contribution in [2.75, 3.05) is 13.7 Å². The van der Waals surface area contributed by atoms with Gasteiger partial charge in [0.05, 0.1) is 25.7 Å². The van der Waals surface area contributed by atoms with Crippen LogP contribution in [0.2, 0.25) is 0 Å². The smallest absolute Gasteiger partial charge is 0.349 e. The van der Waals surface area contributed by atoms with E-state index >= 15 is 0 Å². The van der Waals surface area contributed by atoms with Crippen LogP contribution < -0.4 is 15.7 Å². The van der Waals surface area contributed by atoms with Crippen molar-refractivity contribution in [1.29, 1.82) is 0 Å². The molecule has 0 unspecified atom stereocenters. The molecule has 7 heteroatoms. The molecule has 2 aromatic heterocycles. The van der Waals surface area contributed by atoms with Gasteiger partial charge in [-0.3, -0.25) is 4.79 Å². The molecule has 2 heterocycles. The standard InChI is InChI=1S/C18H17NO6/c1-23-15-4-2-3-11-9-13(18(22)25-16(11)15)17(21)19-7-5-14(20)12-6-8-24-10-12/h2-4,6,8-10,14,20H,5,7H2,1H3,(H,19,21)/t14-/m0/s1. The number of carbonyl (C=O) groups excluding carboxylic acids is 1. The normalized spacial score (nSPS) is 12.1. The quantitative estimate of drug-likeness (QED) is 0.666. The highest BCUT2D eigenvalue weighted by molar-refractivity contribution is 5.97. The Kier molecular flexibility index (Phi) is 4.85. The minimum Gasteiger partial charge on any atom is -0.493 e. The molecule has 2 N–H and O–H groups in total. The van der Waals surface area contributed by atoms with Gasteiger partial charge in [0, 0.05) is 17.5 Å². The number of carbonyl (C=O) groups is 1. The first-order valence-electron chi connectivity index (χ1n) is 7.69.